The van der Waals surface area contributed by atoms with E-state index in [1.165, 1.54) is 5.56 Å². The molecule has 2 N–H and O–H groups in total. The lowest BCUT2D eigenvalue weighted by Gasteiger charge is -2.15. The van der Waals surface area contributed by atoms with E-state index in [-0.39, 0.29) is 0 Å². The molecule has 0 aliphatic heterocycles. The number of aliphatic imine (C=N–C) groups is 1. The van der Waals surface area contributed by atoms with Gasteiger partial charge in [0.25, 0.3) is 0 Å². The molecule has 0 aliphatic carbocycles. The van der Waals surface area contributed by atoms with Gasteiger partial charge in [-0.2, -0.15) is 5.10 Å². The number of nitrogens with one attached hydrogen (secondary N) is 2. The fourth-order valence-corrected chi connectivity index (χ4v) is 3.25. The number of guanidine groups is 1. The van der Waals surface area contributed by atoms with Crippen LogP contribution in [0.15, 0.2) is 47.6 Å². The average Bonchev–Trinajstić information content (AvgIpc) is 3.11. The Labute approximate surface area is 184 Å². The molecule has 0 amide bonds. The van der Waals surface area contributed by atoms with Crippen molar-refractivity contribution in [3.8, 4) is 11.6 Å². The predicted molar refractivity (Wildman–Crippen MR) is 125 cm³/mol. The molecule has 0 saturated carbocycles. The van der Waals surface area contributed by atoms with Crippen molar-refractivity contribution in [2.24, 2.45) is 4.99 Å². The Kier molecular flexibility index (Phi) is 7.65. The Morgan fingerprint density at radius 2 is 1.87 bits per heavy atom. The van der Waals surface area contributed by atoms with Gasteiger partial charge >= 0.3 is 0 Å². The van der Waals surface area contributed by atoms with Crippen molar-refractivity contribution in [3.63, 3.8) is 0 Å². The van der Waals surface area contributed by atoms with Gasteiger partial charge in [0.2, 0.25) is 0 Å². The van der Waals surface area contributed by atoms with Gasteiger partial charge in [0.1, 0.15) is 5.75 Å². The summed E-state index contributed by atoms with van der Waals surface area (Å²) in [5, 5.41) is 11.2. The lowest BCUT2D eigenvalue weighted by atomic mass is 10.1. The van der Waals surface area contributed by atoms with E-state index in [1.807, 2.05) is 36.9 Å². The number of nitrogens with zero attached hydrogens (tertiary/aromatic N) is 4. The molecule has 0 bridgehead atoms. The molecule has 164 valence electrons. The second kappa shape index (κ2) is 10.6. The molecule has 0 saturated heterocycles. The van der Waals surface area contributed by atoms with Crippen LogP contribution in [0.3, 0.4) is 0 Å². The van der Waals surface area contributed by atoms with Crippen molar-refractivity contribution in [1.29, 1.82) is 0 Å². The summed E-state index contributed by atoms with van der Waals surface area (Å²) >= 11 is 0. The zero-order valence-corrected chi connectivity index (χ0v) is 19.1. The molecule has 31 heavy (non-hydrogen) atoms. The zero-order valence-electron chi connectivity index (χ0n) is 19.1. The second-order valence-corrected chi connectivity index (χ2v) is 7.60. The fourth-order valence-electron chi connectivity index (χ4n) is 3.25. The molecule has 3 aromatic rings. The number of benzene rings is 1. The quantitative estimate of drug-likeness (QED) is 0.428. The van der Waals surface area contributed by atoms with Gasteiger partial charge in [-0.05, 0) is 56.5 Å². The zero-order chi connectivity index (χ0) is 22.2. The molecule has 0 atom stereocenters. The number of hydrogen-bond donors (Lipinski definition) is 2. The van der Waals surface area contributed by atoms with Crippen molar-refractivity contribution in [2.45, 2.75) is 47.2 Å². The van der Waals surface area contributed by atoms with E-state index in [9.17, 15) is 0 Å². The molecule has 3 rings (SSSR count). The van der Waals surface area contributed by atoms with E-state index in [0.29, 0.717) is 19.7 Å². The molecule has 1 aromatic carbocycles. The van der Waals surface area contributed by atoms with Crippen molar-refractivity contribution in [3.05, 3.63) is 70.7 Å². The summed E-state index contributed by atoms with van der Waals surface area (Å²) in [6.07, 6.45) is 2.85. The molecule has 2 heterocycles. The van der Waals surface area contributed by atoms with E-state index in [0.717, 1.165) is 46.5 Å². The van der Waals surface area contributed by atoms with Crippen LogP contribution in [0.5, 0.6) is 5.75 Å². The molecule has 2 aromatic heterocycles. The smallest absolute Gasteiger partial charge is 0.191 e. The van der Waals surface area contributed by atoms with Crippen LogP contribution in [-0.4, -0.2) is 34.4 Å². The van der Waals surface area contributed by atoms with Crippen molar-refractivity contribution < 1.29 is 4.74 Å². The predicted octanol–water partition coefficient (Wildman–Crippen LogP) is 3.85. The molecule has 0 unspecified atom stereocenters. The van der Waals surface area contributed by atoms with E-state index in [4.69, 9.17) is 4.74 Å². The number of ether oxygens (including phenoxy) is 1. The third kappa shape index (κ3) is 6.07. The third-order valence-corrected chi connectivity index (χ3v) is 4.85. The summed E-state index contributed by atoms with van der Waals surface area (Å²) in [6.45, 7) is 10.2. The van der Waals surface area contributed by atoms with E-state index in [2.05, 4.69) is 63.8 Å². The highest BCUT2D eigenvalue weighted by Gasteiger charge is 2.07. The minimum absolute atomic E-state index is 0.622. The molecular formula is C24H32N6O. The van der Waals surface area contributed by atoms with Crippen LogP contribution in [0, 0.1) is 20.8 Å². The van der Waals surface area contributed by atoms with E-state index in [1.54, 1.807) is 7.05 Å². The lowest BCUT2D eigenvalue weighted by molar-refractivity contribution is 0.313. The highest BCUT2D eigenvalue weighted by atomic mass is 16.5. The minimum atomic E-state index is 0.622. The Morgan fingerprint density at radius 3 is 2.52 bits per heavy atom. The van der Waals surface area contributed by atoms with E-state index < -0.39 is 0 Å². The van der Waals surface area contributed by atoms with Crippen molar-refractivity contribution in [1.82, 2.24) is 25.4 Å². The van der Waals surface area contributed by atoms with Gasteiger partial charge in [-0.3, -0.25) is 4.99 Å². The standard InChI is InChI=1S/C24H32N6O/c1-6-11-31-22-12-17(2)7-9-21(22)16-28-24(25-5)27-15-20-8-10-23(26-14-20)30-19(4)13-18(3)29-30/h7-10,12-14H,6,11,15-16H2,1-5H3,(H2,25,27,28). The first-order valence-corrected chi connectivity index (χ1v) is 10.7. The van der Waals surface area contributed by atoms with Gasteiger partial charge in [-0.25, -0.2) is 9.67 Å². The van der Waals surface area contributed by atoms with Crippen LogP contribution in [0.25, 0.3) is 5.82 Å². The topological polar surface area (TPSA) is 76.4 Å². The Bertz CT molecular complexity index is 1020. The lowest BCUT2D eigenvalue weighted by Crippen LogP contribution is -2.36. The minimum Gasteiger partial charge on any atom is -0.493 e. The van der Waals surface area contributed by atoms with Crippen LogP contribution in [-0.2, 0) is 13.1 Å². The largest absolute Gasteiger partial charge is 0.493 e. The summed E-state index contributed by atoms with van der Waals surface area (Å²) in [4.78, 5) is 8.88. The maximum absolute atomic E-state index is 5.90. The van der Waals surface area contributed by atoms with Crippen LogP contribution in [0.1, 0.15) is 41.4 Å². The van der Waals surface area contributed by atoms with Crippen LogP contribution in [0.4, 0.5) is 0 Å². The SMILES string of the molecule is CCCOc1cc(C)ccc1CNC(=NC)NCc1ccc(-n2nc(C)cc2C)nc1. The molecular weight excluding hydrogens is 388 g/mol. The third-order valence-electron chi connectivity index (χ3n) is 4.85. The van der Waals surface area contributed by atoms with Crippen LogP contribution in [0.2, 0.25) is 0 Å². The average molecular weight is 421 g/mol. The van der Waals surface area contributed by atoms with Gasteiger partial charge in [0.05, 0.1) is 12.3 Å². The highest BCUT2D eigenvalue weighted by Crippen LogP contribution is 2.20. The van der Waals surface area contributed by atoms with E-state index >= 15 is 0 Å². The molecule has 0 aliphatic rings. The first-order chi connectivity index (χ1) is 15.0. The molecule has 7 nitrogen and oxygen atoms in total. The maximum atomic E-state index is 5.90. The highest BCUT2D eigenvalue weighted by molar-refractivity contribution is 5.79. The first-order valence-electron chi connectivity index (χ1n) is 10.7. The Morgan fingerprint density at radius 1 is 1.06 bits per heavy atom. The van der Waals surface area contributed by atoms with Gasteiger partial charge < -0.3 is 15.4 Å². The maximum Gasteiger partial charge on any atom is 0.191 e. The van der Waals surface area contributed by atoms with Crippen molar-refractivity contribution in [2.75, 3.05) is 13.7 Å². The summed E-state index contributed by atoms with van der Waals surface area (Å²) in [6, 6.07) is 12.4. The number of pyridine rings is 1. The van der Waals surface area contributed by atoms with Crippen LogP contribution < -0.4 is 15.4 Å². The Hall–Kier alpha value is -3.35. The molecule has 0 fully saturated rings. The Balaban J connectivity index is 1.57. The van der Waals surface area contributed by atoms with Gasteiger partial charge in [-0.1, -0.05) is 25.1 Å². The summed E-state index contributed by atoms with van der Waals surface area (Å²) in [5.74, 6) is 2.47. The number of hydrogen-bond acceptors (Lipinski definition) is 4. The van der Waals surface area contributed by atoms with Gasteiger partial charge in [0.15, 0.2) is 11.8 Å². The molecule has 0 spiro atoms. The number of aromatic nitrogens is 3. The normalized spacial score (nSPS) is 11.5. The molecule has 7 heteroatoms. The van der Waals surface area contributed by atoms with Gasteiger partial charge in [-0.15, -0.1) is 0 Å². The second-order valence-electron chi connectivity index (χ2n) is 7.60. The fraction of sp³-hybridized carbons (Fsp3) is 0.375. The summed E-state index contributed by atoms with van der Waals surface area (Å²) < 4.78 is 7.76. The molecule has 0 radical (unpaired) electrons. The summed E-state index contributed by atoms with van der Waals surface area (Å²) in [5.41, 5.74) is 5.41. The van der Waals surface area contributed by atoms with Crippen LogP contribution >= 0.6 is 0 Å². The first kappa shape index (κ1) is 22.3. The number of aryl methyl sites for hydroxylation is 3. The summed E-state index contributed by atoms with van der Waals surface area (Å²) in [7, 11) is 1.77. The van der Waals surface area contributed by atoms with Crippen molar-refractivity contribution >= 4 is 5.96 Å². The monoisotopic (exact) mass is 420 g/mol. The van der Waals surface area contributed by atoms with Gasteiger partial charge in [0, 0.05) is 37.6 Å². The number of rotatable bonds is 8.